The molecule has 0 aliphatic heterocycles. The normalized spacial score (nSPS) is 11.1. The van der Waals surface area contributed by atoms with Gasteiger partial charge in [-0.3, -0.25) is 24.3 Å². The Morgan fingerprint density at radius 1 is 1.14 bits per heavy atom. The molecule has 0 spiro atoms. The zero-order valence-electron chi connectivity index (χ0n) is 17.7. The molecule has 1 N–H and O–H groups in total. The first-order valence-electron chi connectivity index (χ1n) is 10.00. The molecule has 4 rings (SSSR count). The van der Waals surface area contributed by atoms with Crippen LogP contribution in [0.25, 0.3) is 16.6 Å². The lowest BCUT2D eigenvalue weighted by Gasteiger charge is -2.13. The van der Waals surface area contributed by atoms with Crippen molar-refractivity contribution in [2.45, 2.75) is 5.16 Å². The highest BCUT2D eigenvalue weighted by molar-refractivity contribution is 7.99. The number of aromatic nitrogens is 2. The monoisotopic (exact) mass is 527 g/mol. The van der Waals surface area contributed by atoms with Crippen molar-refractivity contribution < 1.29 is 9.72 Å². The molecular formula is C23H15Cl2N5O4S. The molecule has 0 atom stereocenters. The number of hydrogen-bond acceptors (Lipinski definition) is 7. The lowest BCUT2D eigenvalue weighted by Crippen LogP contribution is -2.24. The van der Waals surface area contributed by atoms with Crippen molar-refractivity contribution in [1.29, 1.82) is 0 Å². The van der Waals surface area contributed by atoms with E-state index in [-0.39, 0.29) is 22.0 Å². The number of nitrogens with zero attached hydrogens (tertiary/aromatic N) is 4. The quantitative estimate of drug-likeness (QED) is 0.121. The molecule has 0 aliphatic rings. The Hall–Kier alpha value is -3.73. The van der Waals surface area contributed by atoms with Crippen LogP contribution in [0.2, 0.25) is 10.0 Å². The van der Waals surface area contributed by atoms with Crippen LogP contribution in [0.5, 0.6) is 0 Å². The van der Waals surface area contributed by atoms with Crippen molar-refractivity contribution in [3.05, 3.63) is 103 Å². The molecule has 0 saturated carbocycles. The minimum atomic E-state index is -0.605. The maximum Gasteiger partial charge on any atom is 0.288 e. The van der Waals surface area contributed by atoms with Gasteiger partial charge < -0.3 is 0 Å². The molecule has 0 aliphatic carbocycles. The van der Waals surface area contributed by atoms with E-state index in [4.69, 9.17) is 23.2 Å². The van der Waals surface area contributed by atoms with Crippen LogP contribution in [-0.4, -0.2) is 32.3 Å². The van der Waals surface area contributed by atoms with Crippen LogP contribution in [0.3, 0.4) is 0 Å². The van der Waals surface area contributed by atoms with Crippen molar-refractivity contribution in [1.82, 2.24) is 15.0 Å². The standard InChI is InChI=1S/C23H15Cl2N5O4S/c24-15-6-8-16(9-7-15)29-22(32)17-3-1-2-4-19(17)27-23(29)35-13-21(31)28-26-12-14-5-10-18(25)20(11-14)30(33)34/h1-12H,13H2,(H,28,31)/b26-12-. The van der Waals surface area contributed by atoms with Gasteiger partial charge in [0.05, 0.1) is 33.5 Å². The molecule has 1 heterocycles. The van der Waals surface area contributed by atoms with Crippen molar-refractivity contribution in [2.24, 2.45) is 5.10 Å². The Bertz CT molecular complexity index is 1520. The number of para-hydroxylation sites is 1. The smallest absolute Gasteiger partial charge is 0.272 e. The third kappa shape index (κ3) is 5.68. The van der Waals surface area contributed by atoms with Gasteiger partial charge in [0.2, 0.25) is 0 Å². The molecule has 35 heavy (non-hydrogen) atoms. The number of carbonyl (C=O) groups is 1. The van der Waals surface area contributed by atoms with E-state index in [1.807, 2.05) is 0 Å². The lowest BCUT2D eigenvalue weighted by molar-refractivity contribution is -0.384. The van der Waals surface area contributed by atoms with Gasteiger partial charge in [0.1, 0.15) is 5.02 Å². The fraction of sp³-hybridized carbons (Fsp3) is 0.0435. The highest BCUT2D eigenvalue weighted by atomic mass is 35.5. The van der Waals surface area contributed by atoms with Crippen LogP contribution in [0.4, 0.5) is 5.69 Å². The largest absolute Gasteiger partial charge is 0.288 e. The fourth-order valence-corrected chi connectivity index (χ4v) is 4.24. The van der Waals surface area contributed by atoms with Crippen LogP contribution in [0.15, 0.2) is 81.8 Å². The molecule has 9 nitrogen and oxygen atoms in total. The molecule has 1 amide bonds. The van der Waals surface area contributed by atoms with Gasteiger partial charge >= 0.3 is 0 Å². The summed E-state index contributed by atoms with van der Waals surface area (Å²) in [7, 11) is 0. The molecular weight excluding hydrogens is 513 g/mol. The number of thioether (sulfide) groups is 1. The van der Waals surface area contributed by atoms with E-state index in [9.17, 15) is 19.7 Å². The zero-order chi connectivity index (χ0) is 24.9. The third-order valence-electron chi connectivity index (χ3n) is 4.73. The minimum absolute atomic E-state index is 0.00204. The van der Waals surface area contributed by atoms with E-state index in [1.165, 1.54) is 29.0 Å². The van der Waals surface area contributed by atoms with Crippen LogP contribution in [0.1, 0.15) is 5.56 Å². The first kappa shape index (κ1) is 24.4. The number of hydrogen-bond donors (Lipinski definition) is 1. The predicted molar refractivity (Wildman–Crippen MR) is 137 cm³/mol. The van der Waals surface area contributed by atoms with E-state index in [2.05, 4.69) is 15.5 Å². The van der Waals surface area contributed by atoms with Gasteiger partial charge in [-0.05, 0) is 42.5 Å². The highest BCUT2D eigenvalue weighted by Gasteiger charge is 2.15. The van der Waals surface area contributed by atoms with Crippen LogP contribution in [-0.2, 0) is 4.79 Å². The Balaban J connectivity index is 1.53. The summed E-state index contributed by atoms with van der Waals surface area (Å²) >= 11 is 12.8. The molecule has 3 aromatic carbocycles. The topological polar surface area (TPSA) is 119 Å². The number of nitro groups is 1. The van der Waals surface area contributed by atoms with Crippen molar-refractivity contribution in [2.75, 3.05) is 5.75 Å². The summed E-state index contributed by atoms with van der Waals surface area (Å²) in [5.74, 6) is -0.545. The third-order valence-corrected chi connectivity index (χ3v) is 6.24. The molecule has 0 unspecified atom stereocenters. The Labute approximate surface area is 212 Å². The molecule has 0 fully saturated rings. The van der Waals surface area contributed by atoms with Crippen LogP contribution < -0.4 is 11.0 Å². The van der Waals surface area contributed by atoms with E-state index in [1.54, 1.807) is 48.5 Å². The van der Waals surface area contributed by atoms with Crippen LogP contribution in [0, 0.1) is 10.1 Å². The number of nitrogens with one attached hydrogen (secondary N) is 1. The second-order valence-electron chi connectivity index (χ2n) is 7.08. The Morgan fingerprint density at radius 2 is 1.89 bits per heavy atom. The summed E-state index contributed by atoms with van der Waals surface area (Å²) in [5, 5.41) is 16.1. The SMILES string of the molecule is O=C(CSc1nc2ccccc2c(=O)n1-c1ccc(Cl)cc1)N/N=C\c1ccc(Cl)c([N+](=O)[O-])c1. The second-order valence-corrected chi connectivity index (χ2v) is 8.86. The first-order chi connectivity index (χ1) is 16.8. The number of halogens is 2. The number of rotatable bonds is 7. The summed E-state index contributed by atoms with van der Waals surface area (Å²) in [6.45, 7) is 0. The van der Waals surface area contributed by atoms with Gasteiger partial charge in [-0.1, -0.05) is 53.2 Å². The molecule has 176 valence electrons. The predicted octanol–water partition coefficient (Wildman–Crippen LogP) is 4.84. The molecule has 1 aromatic heterocycles. The number of hydrazone groups is 1. The number of benzene rings is 3. The number of carbonyl (C=O) groups excluding carboxylic acids is 1. The van der Waals surface area contributed by atoms with Gasteiger partial charge in [0, 0.05) is 16.7 Å². The van der Waals surface area contributed by atoms with Crippen molar-refractivity contribution in [3.63, 3.8) is 0 Å². The van der Waals surface area contributed by atoms with Crippen molar-refractivity contribution in [3.8, 4) is 5.69 Å². The van der Waals surface area contributed by atoms with Gasteiger partial charge in [0.15, 0.2) is 5.16 Å². The van der Waals surface area contributed by atoms with Gasteiger partial charge in [-0.25, -0.2) is 10.4 Å². The molecule has 4 aromatic rings. The van der Waals surface area contributed by atoms with E-state index >= 15 is 0 Å². The highest BCUT2D eigenvalue weighted by Crippen LogP contribution is 2.25. The Morgan fingerprint density at radius 3 is 2.63 bits per heavy atom. The molecule has 12 heteroatoms. The zero-order valence-corrected chi connectivity index (χ0v) is 20.0. The first-order valence-corrected chi connectivity index (χ1v) is 11.7. The summed E-state index contributed by atoms with van der Waals surface area (Å²) in [5.41, 5.74) is 3.27. The maximum atomic E-state index is 13.2. The summed E-state index contributed by atoms with van der Waals surface area (Å²) in [6.07, 6.45) is 1.27. The second kappa shape index (κ2) is 10.7. The minimum Gasteiger partial charge on any atom is -0.272 e. The molecule has 0 bridgehead atoms. The average Bonchev–Trinajstić information content (AvgIpc) is 2.84. The summed E-state index contributed by atoms with van der Waals surface area (Å²) < 4.78 is 1.42. The Kier molecular flexibility index (Phi) is 7.45. The molecule has 0 saturated heterocycles. The number of nitro benzene ring substituents is 1. The number of amides is 1. The van der Waals surface area contributed by atoms with E-state index in [0.717, 1.165) is 11.8 Å². The summed E-state index contributed by atoms with van der Waals surface area (Å²) in [4.78, 5) is 40.5. The molecule has 0 radical (unpaired) electrons. The van der Waals surface area contributed by atoms with Gasteiger partial charge in [-0.15, -0.1) is 0 Å². The van der Waals surface area contributed by atoms with Gasteiger partial charge in [-0.2, -0.15) is 5.10 Å². The van der Waals surface area contributed by atoms with Crippen LogP contribution >= 0.6 is 35.0 Å². The average molecular weight is 528 g/mol. The lowest BCUT2D eigenvalue weighted by atomic mass is 10.2. The number of fused-ring (bicyclic) bond motifs is 1. The fourth-order valence-electron chi connectivity index (χ4n) is 3.12. The summed E-state index contributed by atoms with van der Waals surface area (Å²) in [6, 6.07) is 17.8. The van der Waals surface area contributed by atoms with E-state index in [0.29, 0.717) is 32.3 Å². The maximum absolute atomic E-state index is 13.2. The van der Waals surface area contributed by atoms with E-state index < -0.39 is 10.8 Å². The van der Waals surface area contributed by atoms with Gasteiger partial charge in [0.25, 0.3) is 17.2 Å². The van der Waals surface area contributed by atoms with Crippen molar-refractivity contribution >= 4 is 63.7 Å².